The monoisotopic (exact) mass is 264 g/mol. The van der Waals surface area contributed by atoms with E-state index in [1.54, 1.807) is 12.1 Å². The van der Waals surface area contributed by atoms with Crippen molar-refractivity contribution in [2.24, 2.45) is 0 Å². The third-order valence-electron chi connectivity index (χ3n) is 3.11. The Hall–Kier alpha value is -1.35. The van der Waals surface area contributed by atoms with Gasteiger partial charge in [0.2, 0.25) is 0 Å². The van der Waals surface area contributed by atoms with Gasteiger partial charge in [0, 0.05) is 6.61 Å². The van der Waals surface area contributed by atoms with Crippen molar-refractivity contribution >= 4 is 5.97 Å². The summed E-state index contributed by atoms with van der Waals surface area (Å²) < 4.78 is 5.58. The maximum atomic E-state index is 10.7. The molecule has 1 aromatic rings. The number of unbranched alkanes of at least 4 members (excludes halogenated alkanes) is 5. The van der Waals surface area contributed by atoms with Gasteiger partial charge in [0.05, 0.1) is 12.2 Å². The van der Waals surface area contributed by atoms with Crippen LogP contribution in [0.3, 0.4) is 0 Å². The molecule has 0 heterocycles. The van der Waals surface area contributed by atoms with Crippen molar-refractivity contribution in [1.29, 1.82) is 0 Å². The third kappa shape index (κ3) is 6.97. The van der Waals surface area contributed by atoms with Crippen LogP contribution in [0, 0.1) is 0 Å². The van der Waals surface area contributed by atoms with Gasteiger partial charge in [-0.3, -0.25) is 0 Å². The fourth-order valence-electron chi connectivity index (χ4n) is 1.92. The van der Waals surface area contributed by atoms with Crippen LogP contribution in [-0.2, 0) is 11.3 Å². The molecule has 0 aliphatic rings. The third-order valence-corrected chi connectivity index (χ3v) is 3.11. The molecule has 0 aliphatic heterocycles. The number of carbonyl (C=O) groups is 1. The van der Waals surface area contributed by atoms with Crippen LogP contribution in [0.4, 0.5) is 0 Å². The number of hydrogen-bond acceptors (Lipinski definition) is 2. The average Bonchev–Trinajstić information content (AvgIpc) is 2.42. The average molecular weight is 264 g/mol. The number of rotatable bonds is 10. The highest BCUT2D eigenvalue weighted by Crippen LogP contribution is 2.08. The quantitative estimate of drug-likeness (QED) is 0.642. The normalized spacial score (nSPS) is 10.6. The van der Waals surface area contributed by atoms with Crippen LogP contribution >= 0.6 is 0 Å². The van der Waals surface area contributed by atoms with Crippen LogP contribution in [0.25, 0.3) is 0 Å². The van der Waals surface area contributed by atoms with Crippen LogP contribution in [0.2, 0.25) is 0 Å². The fraction of sp³-hybridized carbons (Fsp3) is 0.562. The lowest BCUT2D eigenvalue weighted by Crippen LogP contribution is -1.98. The van der Waals surface area contributed by atoms with E-state index in [9.17, 15) is 4.79 Å². The van der Waals surface area contributed by atoms with Gasteiger partial charge in [-0.1, -0.05) is 51.2 Å². The first-order valence-corrected chi connectivity index (χ1v) is 7.14. The summed E-state index contributed by atoms with van der Waals surface area (Å²) in [4.78, 5) is 10.7. The van der Waals surface area contributed by atoms with Crippen LogP contribution in [0.5, 0.6) is 0 Å². The first-order chi connectivity index (χ1) is 9.24. The van der Waals surface area contributed by atoms with E-state index < -0.39 is 5.97 Å². The molecule has 0 amide bonds. The predicted octanol–water partition coefficient (Wildman–Crippen LogP) is 4.26. The topological polar surface area (TPSA) is 46.5 Å². The van der Waals surface area contributed by atoms with Crippen molar-refractivity contribution in [3.8, 4) is 0 Å². The first kappa shape index (κ1) is 15.7. The van der Waals surface area contributed by atoms with Crippen molar-refractivity contribution in [2.45, 2.75) is 52.1 Å². The Morgan fingerprint density at radius 2 is 1.68 bits per heavy atom. The molecule has 0 unspecified atom stereocenters. The first-order valence-electron chi connectivity index (χ1n) is 7.14. The van der Waals surface area contributed by atoms with Crippen LogP contribution < -0.4 is 0 Å². The zero-order valence-corrected chi connectivity index (χ0v) is 11.7. The second kappa shape index (κ2) is 9.56. The Bertz CT molecular complexity index is 357. The molecule has 0 spiro atoms. The van der Waals surface area contributed by atoms with Crippen molar-refractivity contribution in [2.75, 3.05) is 6.61 Å². The summed E-state index contributed by atoms with van der Waals surface area (Å²) in [5.74, 6) is -0.889. The van der Waals surface area contributed by atoms with Crippen LogP contribution in [-0.4, -0.2) is 17.7 Å². The molecule has 106 valence electrons. The summed E-state index contributed by atoms with van der Waals surface area (Å²) in [5, 5.41) is 8.78. The minimum absolute atomic E-state index is 0.319. The Kier molecular flexibility index (Phi) is 7.91. The van der Waals surface area contributed by atoms with E-state index in [0.29, 0.717) is 12.2 Å². The van der Waals surface area contributed by atoms with Crippen molar-refractivity contribution in [3.63, 3.8) is 0 Å². The molecular weight excluding hydrogens is 240 g/mol. The number of carboxylic acids is 1. The maximum absolute atomic E-state index is 10.7. The van der Waals surface area contributed by atoms with Gasteiger partial charge in [0.1, 0.15) is 0 Å². The highest BCUT2D eigenvalue weighted by molar-refractivity contribution is 5.87. The lowest BCUT2D eigenvalue weighted by atomic mass is 10.1. The van der Waals surface area contributed by atoms with Crippen molar-refractivity contribution in [3.05, 3.63) is 35.4 Å². The van der Waals surface area contributed by atoms with Crippen LogP contribution in [0.15, 0.2) is 24.3 Å². The molecule has 19 heavy (non-hydrogen) atoms. The molecule has 0 radical (unpaired) electrons. The van der Waals surface area contributed by atoms with Gasteiger partial charge in [-0.15, -0.1) is 0 Å². The molecule has 0 atom stereocenters. The van der Waals surface area contributed by atoms with Gasteiger partial charge in [0.25, 0.3) is 0 Å². The zero-order valence-electron chi connectivity index (χ0n) is 11.7. The van der Waals surface area contributed by atoms with Gasteiger partial charge in [0.15, 0.2) is 0 Å². The molecule has 3 heteroatoms. The number of carboxylic acid groups (broad SMARTS) is 1. The predicted molar refractivity (Wildman–Crippen MR) is 76.4 cm³/mol. The van der Waals surface area contributed by atoms with Gasteiger partial charge < -0.3 is 9.84 Å². The lowest BCUT2D eigenvalue weighted by molar-refractivity contribution is 0.0696. The Morgan fingerprint density at radius 1 is 1.05 bits per heavy atom. The summed E-state index contributed by atoms with van der Waals surface area (Å²) in [7, 11) is 0. The SMILES string of the molecule is CCCCCCCCOCc1ccc(C(=O)O)cc1. The summed E-state index contributed by atoms with van der Waals surface area (Å²) in [6, 6.07) is 6.85. The second-order valence-electron chi connectivity index (χ2n) is 4.82. The van der Waals surface area contributed by atoms with Crippen molar-refractivity contribution in [1.82, 2.24) is 0 Å². The standard InChI is InChI=1S/C16H24O3/c1-2-3-4-5-6-7-12-19-13-14-8-10-15(11-9-14)16(17)18/h8-11H,2-7,12-13H2,1H3,(H,17,18). The molecule has 0 aliphatic carbocycles. The summed E-state index contributed by atoms with van der Waals surface area (Å²) in [6.07, 6.45) is 7.58. The minimum Gasteiger partial charge on any atom is -0.478 e. The van der Waals surface area contributed by atoms with Gasteiger partial charge in [-0.2, -0.15) is 0 Å². The largest absolute Gasteiger partial charge is 0.478 e. The van der Waals surface area contributed by atoms with E-state index in [0.717, 1.165) is 18.6 Å². The smallest absolute Gasteiger partial charge is 0.335 e. The Balaban J connectivity index is 2.07. The molecular formula is C16H24O3. The Labute approximate surface area is 115 Å². The molecule has 1 aromatic carbocycles. The van der Waals surface area contributed by atoms with E-state index in [1.807, 2.05) is 12.1 Å². The van der Waals surface area contributed by atoms with Crippen LogP contribution in [0.1, 0.15) is 61.4 Å². The molecule has 0 fully saturated rings. The molecule has 3 nitrogen and oxygen atoms in total. The Morgan fingerprint density at radius 3 is 2.32 bits per heavy atom. The highest BCUT2D eigenvalue weighted by atomic mass is 16.5. The highest BCUT2D eigenvalue weighted by Gasteiger charge is 2.01. The zero-order chi connectivity index (χ0) is 13.9. The van der Waals surface area contributed by atoms with Gasteiger partial charge in [-0.05, 0) is 24.1 Å². The summed E-state index contributed by atoms with van der Waals surface area (Å²) >= 11 is 0. The molecule has 0 saturated heterocycles. The fourth-order valence-corrected chi connectivity index (χ4v) is 1.92. The van der Waals surface area contributed by atoms with Crippen molar-refractivity contribution < 1.29 is 14.6 Å². The van der Waals surface area contributed by atoms with E-state index in [1.165, 1.54) is 32.1 Å². The molecule has 1 N–H and O–H groups in total. The number of hydrogen-bond donors (Lipinski definition) is 1. The molecule has 1 rings (SSSR count). The molecule has 0 saturated carbocycles. The van der Waals surface area contributed by atoms with E-state index in [-0.39, 0.29) is 0 Å². The van der Waals surface area contributed by atoms with E-state index in [4.69, 9.17) is 9.84 Å². The second-order valence-corrected chi connectivity index (χ2v) is 4.82. The minimum atomic E-state index is -0.889. The van der Waals surface area contributed by atoms with E-state index >= 15 is 0 Å². The number of ether oxygens (including phenoxy) is 1. The van der Waals surface area contributed by atoms with Gasteiger partial charge >= 0.3 is 5.97 Å². The number of benzene rings is 1. The number of aromatic carboxylic acids is 1. The van der Waals surface area contributed by atoms with Gasteiger partial charge in [-0.25, -0.2) is 4.79 Å². The summed E-state index contributed by atoms with van der Waals surface area (Å²) in [6.45, 7) is 3.57. The lowest BCUT2D eigenvalue weighted by Gasteiger charge is -2.05. The maximum Gasteiger partial charge on any atom is 0.335 e. The molecule has 0 bridgehead atoms. The summed E-state index contributed by atoms with van der Waals surface area (Å²) in [5.41, 5.74) is 1.34. The van der Waals surface area contributed by atoms with E-state index in [2.05, 4.69) is 6.92 Å². The molecule has 0 aromatic heterocycles.